The lowest BCUT2D eigenvalue weighted by molar-refractivity contribution is 0.102. The summed E-state index contributed by atoms with van der Waals surface area (Å²) in [6, 6.07) is 7.44. The van der Waals surface area contributed by atoms with E-state index in [9.17, 15) is 4.79 Å². The van der Waals surface area contributed by atoms with Gasteiger partial charge in [0.25, 0.3) is 5.91 Å². The van der Waals surface area contributed by atoms with Crippen LogP contribution in [0.5, 0.6) is 0 Å². The van der Waals surface area contributed by atoms with E-state index in [0.29, 0.717) is 11.4 Å². The summed E-state index contributed by atoms with van der Waals surface area (Å²) in [7, 11) is 1.80. The number of amides is 1. The highest BCUT2D eigenvalue weighted by Crippen LogP contribution is 2.22. The highest BCUT2D eigenvalue weighted by molar-refractivity contribution is 9.10. The Balaban J connectivity index is 2.27. The molecule has 94 valence electrons. The first-order valence-corrected chi connectivity index (χ1v) is 6.35. The summed E-state index contributed by atoms with van der Waals surface area (Å²) in [6.07, 6.45) is 0. The highest BCUT2D eigenvalue weighted by atomic mass is 79.9. The van der Waals surface area contributed by atoms with Crippen molar-refractivity contribution >= 4 is 27.7 Å². The molecule has 4 nitrogen and oxygen atoms in total. The molecule has 0 aliphatic carbocycles. The molecule has 0 fully saturated rings. The van der Waals surface area contributed by atoms with Gasteiger partial charge in [-0.05, 0) is 41.4 Å². The Bertz CT molecular complexity index is 604. The second kappa shape index (κ2) is 4.94. The van der Waals surface area contributed by atoms with Crippen LogP contribution in [0.4, 0.5) is 5.82 Å². The largest absolute Gasteiger partial charge is 0.307 e. The number of hydrogen-bond donors (Lipinski definition) is 1. The molecule has 1 N–H and O–H groups in total. The van der Waals surface area contributed by atoms with Crippen molar-refractivity contribution in [3.63, 3.8) is 0 Å². The molecule has 0 radical (unpaired) electrons. The molecule has 1 aromatic carbocycles. The van der Waals surface area contributed by atoms with Crippen LogP contribution in [0.2, 0.25) is 0 Å². The Kier molecular flexibility index (Phi) is 3.52. The van der Waals surface area contributed by atoms with Gasteiger partial charge in [0.05, 0.1) is 11.3 Å². The Morgan fingerprint density at radius 2 is 2.11 bits per heavy atom. The highest BCUT2D eigenvalue weighted by Gasteiger charge is 2.13. The number of carbonyl (C=O) groups excluding carboxylic acids is 1. The number of rotatable bonds is 2. The van der Waals surface area contributed by atoms with E-state index in [2.05, 4.69) is 26.3 Å². The van der Waals surface area contributed by atoms with Gasteiger partial charge >= 0.3 is 0 Å². The van der Waals surface area contributed by atoms with Crippen molar-refractivity contribution < 1.29 is 4.79 Å². The summed E-state index contributed by atoms with van der Waals surface area (Å²) in [5.41, 5.74) is 2.52. The van der Waals surface area contributed by atoms with Crippen LogP contribution in [0.15, 0.2) is 28.7 Å². The fraction of sp³-hybridized carbons (Fsp3) is 0.231. The molecule has 0 bridgehead atoms. The van der Waals surface area contributed by atoms with Crippen molar-refractivity contribution in [3.8, 4) is 0 Å². The maximum Gasteiger partial charge on any atom is 0.257 e. The number of carbonyl (C=O) groups is 1. The van der Waals surface area contributed by atoms with E-state index in [1.54, 1.807) is 17.8 Å². The van der Waals surface area contributed by atoms with Crippen LogP contribution in [0.3, 0.4) is 0 Å². The molecule has 0 saturated heterocycles. The maximum absolute atomic E-state index is 12.2. The van der Waals surface area contributed by atoms with E-state index >= 15 is 0 Å². The average molecular weight is 308 g/mol. The summed E-state index contributed by atoms with van der Waals surface area (Å²) in [6.45, 7) is 3.84. The molecule has 1 heterocycles. The van der Waals surface area contributed by atoms with Crippen LogP contribution in [0.1, 0.15) is 21.6 Å². The predicted octanol–water partition coefficient (Wildman–Crippen LogP) is 3.05. The van der Waals surface area contributed by atoms with E-state index in [-0.39, 0.29) is 5.91 Å². The molecule has 5 heteroatoms. The number of benzene rings is 1. The Morgan fingerprint density at radius 1 is 1.39 bits per heavy atom. The van der Waals surface area contributed by atoms with Gasteiger partial charge in [0.15, 0.2) is 0 Å². The Labute approximate surface area is 114 Å². The lowest BCUT2D eigenvalue weighted by Gasteiger charge is -2.08. The Hall–Kier alpha value is -1.62. The number of halogens is 1. The monoisotopic (exact) mass is 307 g/mol. The molecule has 0 aliphatic rings. The van der Waals surface area contributed by atoms with Crippen molar-refractivity contribution in [2.45, 2.75) is 13.8 Å². The first-order chi connectivity index (χ1) is 8.49. The molecule has 1 amide bonds. The van der Waals surface area contributed by atoms with Crippen LogP contribution < -0.4 is 5.32 Å². The quantitative estimate of drug-likeness (QED) is 0.927. The van der Waals surface area contributed by atoms with E-state index in [4.69, 9.17) is 0 Å². The van der Waals surface area contributed by atoms with Crippen molar-refractivity contribution in [1.29, 1.82) is 0 Å². The second-order valence-electron chi connectivity index (χ2n) is 4.19. The first kappa shape index (κ1) is 12.8. The molecule has 0 atom stereocenters. The molecule has 2 aromatic rings. The standard InChI is InChI=1S/C13H14BrN3O/c1-8-5-4-6-10(12(8)14)13(18)15-11-7-9(2)16-17(11)3/h4-7H,1-3H3,(H,15,18). The van der Waals surface area contributed by atoms with Gasteiger partial charge in [0, 0.05) is 17.6 Å². The van der Waals surface area contributed by atoms with E-state index in [1.807, 2.05) is 32.0 Å². The molecular weight excluding hydrogens is 294 g/mol. The van der Waals surface area contributed by atoms with E-state index < -0.39 is 0 Å². The average Bonchev–Trinajstić information content (AvgIpc) is 2.61. The topological polar surface area (TPSA) is 46.9 Å². The zero-order chi connectivity index (χ0) is 13.3. The zero-order valence-electron chi connectivity index (χ0n) is 10.5. The van der Waals surface area contributed by atoms with Crippen LogP contribution in [-0.4, -0.2) is 15.7 Å². The van der Waals surface area contributed by atoms with Crippen LogP contribution in [0, 0.1) is 13.8 Å². The van der Waals surface area contributed by atoms with Gasteiger partial charge in [-0.2, -0.15) is 5.10 Å². The number of aryl methyl sites for hydroxylation is 3. The molecule has 1 aromatic heterocycles. The molecular formula is C13H14BrN3O. The number of nitrogens with one attached hydrogen (secondary N) is 1. The number of aromatic nitrogens is 2. The molecule has 0 aliphatic heterocycles. The molecule has 0 saturated carbocycles. The van der Waals surface area contributed by atoms with Crippen molar-refractivity contribution in [1.82, 2.24) is 9.78 Å². The summed E-state index contributed by atoms with van der Waals surface area (Å²) >= 11 is 3.43. The van der Waals surface area contributed by atoms with Gasteiger partial charge in [-0.15, -0.1) is 0 Å². The summed E-state index contributed by atoms with van der Waals surface area (Å²) in [5.74, 6) is 0.541. The van der Waals surface area contributed by atoms with E-state index in [0.717, 1.165) is 15.7 Å². The van der Waals surface area contributed by atoms with Gasteiger partial charge in [-0.3, -0.25) is 9.48 Å². The molecule has 0 spiro atoms. The number of hydrogen-bond acceptors (Lipinski definition) is 2. The lowest BCUT2D eigenvalue weighted by Crippen LogP contribution is -2.15. The zero-order valence-corrected chi connectivity index (χ0v) is 12.1. The number of anilines is 1. The normalized spacial score (nSPS) is 10.4. The summed E-state index contributed by atoms with van der Waals surface area (Å²) in [4.78, 5) is 12.2. The fourth-order valence-electron chi connectivity index (χ4n) is 1.73. The minimum atomic E-state index is -0.145. The summed E-state index contributed by atoms with van der Waals surface area (Å²) < 4.78 is 2.47. The summed E-state index contributed by atoms with van der Waals surface area (Å²) in [5, 5.41) is 7.03. The minimum absolute atomic E-state index is 0.145. The third-order valence-electron chi connectivity index (χ3n) is 2.68. The Morgan fingerprint density at radius 3 is 2.72 bits per heavy atom. The van der Waals surface area contributed by atoms with Crippen LogP contribution in [0.25, 0.3) is 0 Å². The van der Waals surface area contributed by atoms with Crippen LogP contribution >= 0.6 is 15.9 Å². The third kappa shape index (κ3) is 2.46. The van der Waals surface area contributed by atoms with Gasteiger partial charge in [-0.1, -0.05) is 12.1 Å². The molecule has 18 heavy (non-hydrogen) atoms. The van der Waals surface area contributed by atoms with E-state index in [1.165, 1.54) is 0 Å². The van der Waals surface area contributed by atoms with Crippen molar-refractivity contribution in [2.24, 2.45) is 7.05 Å². The second-order valence-corrected chi connectivity index (χ2v) is 4.98. The SMILES string of the molecule is Cc1cc(NC(=O)c2cccc(C)c2Br)n(C)n1. The lowest BCUT2D eigenvalue weighted by atomic mass is 10.1. The smallest absolute Gasteiger partial charge is 0.257 e. The van der Waals surface area contributed by atoms with Crippen molar-refractivity contribution in [2.75, 3.05) is 5.32 Å². The fourth-order valence-corrected chi connectivity index (χ4v) is 2.18. The van der Waals surface area contributed by atoms with Gasteiger partial charge in [-0.25, -0.2) is 0 Å². The number of nitrogens with zero attached hydrogens (tertiary/aromatic N) is 2. The molecule has 0 unspecified atom stereocenters. The maximum atomic E-state index is 12.2. The predicted molar refractivity (Wildman–Crippen MR) is 74.8 cm³/mol. The minimum Gasteiger partial charge on any atom is -0.307 e. The third-order valence-corrected chi connectivity index (χ3v) is 3.73. The van der Waals surface area contributed by atoms with Crippen molar-refractivity contribution in [3.05, 3.63) is 45.6 Å². The van der Waals surface area contributed by atoms with Gasteiger partial charge in [0.1, 0.15) is 5.82 Å². The van der Waals surface area contributed by atoms with Gasteiger partial charge in [0.2, 0.25) is 0 Å². The molecule has 2 rings (SSSR count). The first-order valence-electron chi connectivity index (χ1n) is 5.56. The van der Waals surface area contributed by atoms with Crippen LogP contribution in [-0.2, 0) is 7.05 Å². The van der Waals surface area contributed by atoms with Gasteiger partial charge < -0.3 is 5.32 Å².